The molecule has 0 aliphatic heterocycles. The van der Waals surface area contributed by atoms with Gasteiger partial charge in [0.2, 0.25) is 0 Å². The van der Waals surface area contributed by atoms with Crippen molar-refractivity contribution in [2.75, 3.05) is 0 Å². The molecular weight excluding hydrogens is 281 g/mol. The number of ether oxygens (including phenoxy) is 1. The van der Waals surface area contributed by atoms with Crippen molar-refractivity contribution in [2.24, 2.45) is 0 Å². The minimum absolute atomic E-state index is 0.154. The minimum Gasteiger partial charge on any atom is -0.488 e. The van der Waals surface area contributed by atoms with E-state index in [-0.39, 0.29) is 24.2 Å². The second-order valence-electron chi connectivity index (χ2n) is 5.28. The molecule has 0 atom stereocenters. The lowest BCUT2D eigenvalue weighted by atomic mass is 9.91. The van der Waals surface area contributed by atoms with Crippen LogP contribution >= 0.6 is 0 Å². The van der Waals surface area contributed by atoms with Gasteiger partial charge < -0.3 is 4.74 Å². The van der Waals surface area contributed by atoms with E-state index in [0.717, 1.165) is 6.20 Å². The first-order valence-electron chi connectivity index (χ1n) is 6.39. The fraction of sp³-hybridized carbons (Fsp3) is 0.615. The highest BCUT2D eigenvalue weighted by Crippen LogP contribution is 2.43. The standard InChI is InChI=1S/C13H12F5NO/c14-12(15)4-7(5-12)20-10-6-19-11(13(16,17)18)9-3-1-2-8(9)10/h6-7H,1-5H2. The van der Waals surface area contributed by atoms with Crippen LogP contribution in [0.25, 0.3) is 0 Å². The largest absolute Gasteiger partial charge is 0.488 e. The Bertz CT molecular complexity index is 532. The summed E-state index contributed by atoms with van der Waals surface area (Å²) in [7, 11) is 0. The van der Waals surface area contributed by atoms with E-state index in [0.29, 0.717) is 24.8 Å². The van der Waals surface area contributed by atoms with Gasteiger partial charge in [-0.25, -0.2) is 13.8 Å². The van der Waals surface area contributed by atoms with E-state index in [1.54, 1.807) is 0 Å². The first-order chi connectivity index (χ1) is 9.26. The molecule has 0 unspecified atom stereocenters. The lowest BCUT2D eigenvalue weighted by Crippen LogP contribution is -2.43. The van der Waals surface area contributed by atoms with E-state index in [2.05, 4.69) is 4.98 Å². The van der Waals surface area contributed by atoms with Crippen molar-refractivity contribution in [1.29, 1.82) is 0 Å². The number of pyridine rings is 1. The predicted octanol–water partition coefficient (Wildman–Crippen LogP) is 3.77. The monoisotopic (exact) mass is 293 g/mol. The molecular formula is C13H12F5NO. The van der Waals surface area contributed by atoms with Crippen LogP contribution in [-0.2, 0) is 19.0 Å². The van der Waals surface area contributed by atoms with Gasteiger partial charge in [0, 0.05) is 18.4 Å². The summed E-state index contributed by atoms with van der Waals surface area (Å²) in [6.45, 7) is 0. The third-order valence-electron chi connectivity index (χ3n) is 3.73. The Kier molecular flexibility index (Phi) is 2.92. The molecule has 20 heavy (non-hydrogen) atoms. The Morgan fingerprint density at radius 3 is 2.40 bits per heavy atom. The van der Waals surface area contributed by atoms with Crippen LogP contribution in [0, 0.1) is 0 Å². The summed E-state index contributed by atoms with van der Waals surface area (Å²) in [5, 5.41) is 0. The van der Waals surface area contributed by atoms with Gasteiger partial charge in [0.1, 0.15) is 17.5 Å². The molecule has 0 N–H and O–H groups in total. The molecule has 2 aliphatic carbocycles. The van der Waals surface area contributed by atoms with E-state index in [1.807, 2.05) is 0 Å². The van der Waals surface area contributed by atoms with Crippen LogP contribution in [0.1, 0.15) is 36.1 Å². The third kappa shape index (κ3) is 2.33. The Morgan fingerprint density at radius 1 is 1.15 bits per heavy atom. The van der Waals surface area contributed by atoms with Crippen LogP contribution in [-0.4, -0.2) is 17.0 Å². The molecule has 0 aromatic carbocycles. The lowest BCUT2D eigenvalue weighted by Gasteiger charge is -2.35. The summed E-state index contributed by atoms with van der Waals surface area (Å²) >= 11 is 0. The van der Waals surface area contributed by atoms with Crippen molar-refractivity contribution in [3.63, 3.8) is 0 Å². The summed E-state index contributed by atoms with van der Waals surface area (Å²) in [6, 6.07) is 0. The van der Waals surface area contributed by atoms with Gasteiger partial charge in [-0.05, 0) is 24.8 Å². The number of nitrogens with zero attached hydrogens (tertiary/aromatic N) is 1. The molecule has 0 spiro atoms. The van der Waals surface area contributed by atoms with E-state index < -0.39 is 23.9 Å². The topological polar surface area (TPSA) is 22.1 Å². The SMILES string of the molecule is FC1(F)CC(Oc2cnc(C(F)(F)F)c3c2CCC3)C1. The third-order valence-corrected chi connectivity index (χ3v) is 3.73. The van der Waals surface area contributed by atoms with Crippen molar-refractivity contribution < 1.29 is 26.7 Å². The zero-order valence-corrected chi connectivity index (χ0v) is 10.4. The van der Waals surface area contributed by atoms with Crippen LogP contribution in [0.2, 0.25) is 0 Å². The maximum atomic E-state index is 12.8. The van der Waals surface area contributed by atoms with Crippen LogP contribution in [0.5, 0.6) is 5.75 Å². The molecule has 0 saturated heterocycles. The summed E-state index contributed by atoms with van der Waals surface area (Å²) in [5.41, 5.74) is -0.250. The van der Waals surface area contributed by atoms with Crippen LogP contribution < -0.4 is 4.74 Å². The highest BCUT2D eigenvalue weighted by molar-refractivity contribution is 5.45. The first-order valence-corrected chi connectivity index (χ1v) is 6.39. The van der Waals surface area contributed by atoms with Crippen molar-refractivity contribution in [1.82, 2.24) is 4.98 Å². The molecule has 1 aromatic heterocycles. The van der Waals surface area contributed by atoms with Gasteiger partial charge in [0.25, 0.3) is 5.92 Å². The Hall–Kier alpha value is -1.40. The Labute approximate surface area is 112 Å². The highest BCUT2D eigenvalue weighted by atomic mass is 19.4. The number of aromatic nitrogens is 1. The summed E-state index contributed by atoms with van der Waals surface area (Å²) in [6.07, 6.45) is -3.50. The minimum atomic E-state index is -4.49. The second kappa shape index (κ2) is 4.30. The van der Waals surface area contributed by atoms with Gasteiger partial charge in [0.05, 0.1) is 6.20 Å². The van der Waals surface area contributed by atoms with Gasteiger partial charge in [-0.15, -0.1) is 0 Å². The van der Waals surface area contributed by atoms with Gasteiger partial charge in [-0.2, -0.15) is 13.2 Å². The maximum Gasteiger partial charge on any atom is 0.433 e. The van der Waals surface area contributed by atoms with Crippen molar-refractivity contribution >= 4 is 0 Å². The maximum absolute atomic E-state index is 12.8. The van der Waals surface area contributed by atoms with E-state index in [9.17, 15) is 22.0 Å². The number of hydrogen-bond donors (Lipinski definition) is 0. The molecule has 0 bridgehead atoms. The predicted molar refractivity (Wildman–Crippen MR) is 59.9 cm³/mol. The fourth-order valence-corrected chi connectivity index (χ4v) is 2.77. The number of alkyl halides is 5. The molecule has 2 aliphatic rings. The van der Waals surface area contributed by atoms with Crippen molar-refractivity contribution in [3.8, 4) is 5.75 Å². The summed E-state index contributed by atoms with van der Waals surface area (Å²) < 4.78 is 69.3. The van der Waals surface area contributed by atoms with Crippen LogP contribution in [0.15, 0.2) is 6.20 Å². The zero-order chi connectivity index (χ0) is 14.5. The number of hydrogen-bond acceptors (Lipinski definition) is 2. The van der Waals surface area contributed by atoms with E-state index in [4.69, 9.17) is 4.74 Å². The zero-order valence-electron chi connectivity index (χ0n) is 10.4. The summed E-state index contributed by atoms with van der Waals surface area (Å²) in [5.74, 6) is -2.49. The molecule has 7 heteroatoms. The number of halogens is 5. The fourth-order valence-electron chi connectivity index (χ4n) is 2.77. The highest BCUT2D eigenvalue weighted by Gasteiger charge is 2.47. The van der Waals surface area contributed by atoms with Gasteiger partial charge in [-0.1, -0.05) is 0 Å². The number of fused-ring (bicyclic) bond motifs is 1. The normalized spacial score (nSPS) is 21.4. The molecule has 1 saturated carbocycles. The molecule has 110 valence electrons. The smallest absolute Gasteiger partial charge is 0.433 e. The number of rotatable bonds is 2. The molecule has 1 fully saturated rings. The average Bonchev–Trinajstić information content (AvgIpc) is 2.74. The van der Waals surface area contributed by atoms with Crippen LogP contribution in [0.3, 0.4) is 0 Å². The Balaban J connectivity index is 1.85. The average molecular weight is 293 g/mol. The van der Waals surface area contributed by atoms with Crippen molar-refractivity contribution in [3.05, 3.63) is 23.0 Å². The second-order valence-corrected chi connectivity index (χ2v) is 5.28. The molecule has 1 heterocycles. The van der Waals surface area contributed by atoms with E-state index in [1.165, 1.54) is 0 Å². The van der Waals surface area contributed by atoms with Gasteiger partial charge in [-0.3, -0.25) is 0 Å². The molecule has 0 radical (unpaired) electrons. The van der Waals surface area contributed by atoms with Gasteiger partial charge in [0.15, 0.2) is 0 Å². The molecule has 1 aromatic rings. The molecule has 2 nitrogen and oxygen atoms in total. The van der Waals surface area contributed by atoms with Crippen LogP contribution in [0.4, 0.5) is 22.0 Å². The summed E-state index contributed by atoms with van der Waals surface area (Å²) in [4.78, 5) is 3.43. The van der Waals surface area contributed by atoms with E-state index >= 15 is 0 Å². The quantitative estimate of drug-likeness (QED) is 0.774. The van der Waals surface area contributed by atoms with Crippen molar-refractivity contribution in [2.45, 2.75) is 50.3 Å². The van der Waals surface area contributed by atoms with Gasteiger partial charge >= 0.3 is 6.18 Å². The lowest BCUT2D eigenvalue weighted by molar-refractivity contribution is -0.142. The molecule has 0 amide bonds. The first kappa shape index (κ1) is 13.6. The molecule has 3 rings (SSSR count). The Morgan fingerprint density at radius 2 is 1.80 bits per heavy atom.